The summed E-state index contributed by atoms with van der Waals surface area (Å²) >= 11 is 0. The minimum atomic E-state index is -0.553. The van der Waals surface area contributed by atoms with Crippen LogP contribution < -0.4 is 0 Å². The van der Waals surface area contributed by atoms with E-state index in [1.54, 1.807) is 0 Å². The maximum absolute atomic E-state index is 12.1. The van der Waals surface area contributed by atoms with E-state index < -0.39 is 6.10 Å². The van der Waals surface area contributed by atoms with Crippen molar-refractivity contribution < 1.29 is 19.4 Å². The van der Waals surface area contributed by atoms with E-state index >= 15 is 0 Å². The zero-order valence-corrected chi connectivity index (χ0v) is 26.8. The number of aliphatic hydroxyl groups excluding tert-OH is 1. The fourth-order valence-corrected chi connectivity index (χ4v) is 4.31. The van der Waals surface area contributed by atoms with Gasteiger partial charge in [-0.15, -0.1) is 0 Å². The number of rotatable bonds is 30. The molecule has 1 atom stereocenters. The first-order chi connectivity index (χ1) is 20.2. The van der Waals surface area contributed by atoms with Crippen molar-refractivity contribution in [2.75, 3.05) is 19.8 Å². The number of unbranched alkanes of at least 4 members (excludes halogenated alkanes) is 12. The Morgan fingerprint density at radius 1 is 0.610 bits per heavy atom. The van der Waals surface area contributed by atoms with Crippen molar-refractivity contribution in [1.82, 2.24) is 0 Å². The average molecular weight is 573 g/mol. The van der Waals surface area contributed by atoms with E-state index in [1.807, 2.05) is 0 Å². The number of esters is 1. The lowest BCUT2D eigenvalue weighted by atomic mass is 10.1. The number of hydrogen-bond donors (Lipinski definition) is 1. The summed E-state index contributed by atoms with van der Waals surface area (Å²) in [5.41, 5.74) is 0. The van der Waals surface area contributed by atoms with E-state index in [0.29, 0.717) is 13.0 Å². The number of aliphatic hydroxyl groups is 1. The molecule has 4 nitrogen and oxygen atoms in total. The maximum atomic E-state index is 12.1. The SMILES string of the molecule is CC/C=C\C/C=C\C/C=C\CCCCCCOCC(CO)OC(=O)CCCCCCC/C=C\C/C=C\CCCCC. The summed E-state index contributed by atoms with van der Waals surface area (Å²) in [6, 6.07) is 0. The minimum Gasteiger partial charge on any atom is -0.457 e. The Labute approximate surface area is 254 Å². The molecule has 236 valence electrons. The Morgan fingerprint density at radius 2 is 1.10 bits per heavy atom. The number of ether oxygens (including phenoxy) is 2. The van der Waals surface area contributed by atoms with Gasteiger partial charge in [0, 0.05) is 13.0 Å². The van der Waals surface area contributed by atoms with Gasteiger partial charge in [0.1, 0.15) is 6.10 Å². The van der Waals surface area contributed by atoms with Gasteiger partial charge >= 0.3 is 5.97 Å². The molecule has 41 heavy (non-hydrogen) atoms. The maximum Gasteiger partial charge on any atom is 0.306 e. The number of hydrogen-bond acceptors (Lipinski definition) is 4. The minimum absolute atomic E-state index is 0.190. The molecule has 0 aliphatic carbocycles. The van der Waals surface area contributed by atoms with Crippen molar-refractivity contribution in [3.05, 3.63) is 60.8 Å². The zero-order valence-electron chi connectivity index (χ0n) is 26.8. The number of allylic oxidation sites excluding steroid dienone is 10. The van der Waals surface area contributed by atoms with Crippen LogP contribution in [0.2, 0.25) is 0 Å². The van der Waals surface area contributed by atoms with Crippen LogP contribution in [0.1, 0.15) is 142 Å². The van der Waals surface area contributed by atoms with Crippen LogP contribution in [0.4, 0.5) is 0 Å². The van der Waals surface area contributed by atoms with Crippen LogP contribution in [0.25, 0.3) is 0 Å². The van der Waals surface area contributed by atoms with Crippen molar-refractivity contribution in [1.29, 1.82) is 0 Å². The molecule has 0 amide bonds. The van der Waals surface area contributed by atoms with Crippen LogP contribution in [0.15, 0.2) is 60.8 Å². The van der Waals surface area contributed by atoms with Gasteiger partial charge < -0.3 is 14.6 Å². The third-order valence-electron chi connectivity index (χ3n) is 6.83. The number of carbonyl (C=O) groups excluding carboxylic acids is 1. The highest BCUT2D eigenvalue weighted by Gasteiger charge is 2.13. The molecule has 0 aromatic heterocycles. The molecule has 0 saturated carbocycles. The highest BCUT2D eigenvalue weighted by atomic mass is 16.6. The topological polar surface area (TPSA) is 55.8 Å². The first-order valence-corrected chi connectivity index (χ1v) is 16.9. The first kappa shape index (κ1) is 39.1. The summed E-state index contributed by atoms with van der Waals surface area (Å²) in [7, 11) is 0. The largest absolute Gasteiger partial charge is 0.457 e. The lowest BCUT2D eigenvalue weighted by Gasteiger charge is -2.15. The van der Waals surface area contributed by atoms with E-state index in [-0.39, 0.29) is 19.2 Å². The molecule has 0 aliphatic heterocycles. The summed E-state index contributed by atoms with van der Waals surface area (Å²) in [6.07, 6.45) is 43.9. The van der Waals surface area contributed by atoms with Crippen molar-refractivity contribution in [3.63, 3.8) is 0 Å². The summed E-state index contributed by atoms with van der Waals surface area (Å²) < 4.78 is 11.1. The van der Waals surface area contributed by atoms with E-state index in [9.17, 15) is 9.90 Å². The van der Waals surface area contributed by atoms with Crippen LogP contribution in [0.3, 0.4) is 0 Å². The Kier molecular flexibility index (Phi) is 32.7. The molecule has 1 unspecified atom stereocenters. The average Bonchev–Trinajstić information content (AvgIpc) is 2.98. The normalized spacial score (nSPS) is 13.1. The van der Waals surface area contributed by atoms with Crippen LogP contribution in [-0.2, 0) is 14.3 Å². The van der Waals surface area contributed by atoms with Gasteiger partial charge in [0.2, 0.25) is 0 Å². The molecule has 1 N–H and O–H groups in total. The second kappa shape index (κ2) is 34.3. The van der Waals surface area contributed by atoms with Crippen LogP contribution in [0, 0.1) is 0 Å². The fraction of sp³-hybridized carbons (Fsp3) is 0.703. The van der Waals surface area contributed by atoms with Gasteiger partial charge in [0.25, 0.3) is 0 Å². The molecule has 0 aromatic carbocycles. The van der Waals surface area contributed by atoms with E-state index in [1.165, 1.54) is 51.4 Å². The molecule has 0 aromatic rings. The molecule has 0 heterocycles. The monoisotopic (exact) mass is 572 g/mol. The Hall–Kier alpha value is -1.91. The van der Waals surface area contributed by atoms with Crippen molar-refractivity contribution in [3.8, 4) is 0 Å². The summed E-state index contributed by atoms with van der Waals surface area (Å²) in [5.74, 6) is -0.227. The Bertz CT molecular complexity index is 689. The van der Waals surface area contributed by atoms with Gasteiger partial charge in [-0.05, 0) is 77.0 Å². The van der Waals surface area contributed by atoms with Crippen LogP contribution >= 0.6 is 0 Å². The van der Waals surface area contributed by atoms with Gasteiger partial charge in [-0.2, -0.15) is 0 Å². The Balaban J connectivity index is 3.55. The molecular formula is C37H64O4. The van der Waals surface area contributed by atoms with Gasteiger partial charge in [-0.3, -0.25) is 4.79 Å². The predicted molar refractivity (Wildman–Crippen MR) is 177 cm³/mol. The van der Waals surface area contributed by atoms with Gasteiger partial charge in [-0.25, -0.2) is 0 Å². The molecule has 4 heteroatoms. The second-order valence-electron chi connectivity index (χ2n) is 10.8. The second-order valence-corrected chi connectivity index (χ2v) is 10.8. The summed E-state index contributed by atoms with van der Waals surface area (Å²) in [6.45, 7) is 5.12. The highest BCUT2D eigenvalue weighted by molar-refractivity contribution is 5.69. The number of carbonyl (C=O) groups is 1. The van der Waals surface area contributed by atoms with Gasteiger partial charge in [0.15, 0.2) is 0 Å². The molecule has 0 saturated heterocycles. The van der Waals surface area contributed by atoms with Crippen LogP contribution in [0.5, 0.6) is 0 Å². The molecular weight excluding hydrogens is 508 g/mol. The lowest BCUT2D eigenvalue weighted by Crippen LogP contribution is -2.27. The van der Waals surface area contributed by atoms with Crippen molar-refractivity contribution in [2.45, 2.75) is 148 Å². The van der Waals surface area contributed by atoms with Crippen molar-refractivity contribution in [2.24, 2.45) is 0 Å². The first-order valence-electron chi connectivity index (χ1n) is 16.9. The predicted octanol–water partition coefficient (Wildman–Crippen LogP) is 10.5. The summed E-state index contributed by atoms with van der Waals surface area (Å²) in [4.78, 5) is 12.1. The molecule has 0 radical (unpaired) electrons. The lowest BCUT2D eigenvalue weighted by molar-refractivity contribution is -0.154. The fourth-order valence-electron chi connectivity index (χ4n) is 4.31. The zero-order chi connectivity index (χ0) is 29.9. The van der Waals surface area contributed by atoms with E-state index in [2.05, 4.69) is 74.6 Å². The quantitative estimate of drug-likeness (QED) is 0.0528. The molecule has 0 rings (SSSR count). The Morgan fingerprint density at radius 3 is 1.66 bits per heavy atom. The highest BCUT2D eigenvalue weighted by Crippen LogP contribution is 2.10. The smallest absolute Gasteiger partial charge is 0.306 e. The molecule has 0 bridgehead atoms. The van der Waals surface area contributed by atoms with Crippen LogP contribution in [-0.4, -0.2) is 37.0 Å². The standard InChI is InChI=1S/C37H64O4/c1-3-5-7-9-11-13-15-17-19-20-22-24-26-28-30-32-37(39)41-36(34-38)35-40-33-31-29-27-25-23-21-18-16-14-12-10-8-6-4-2/h6,8,11-14,17-19,21,36,38H,3-5,7,9-10,15-16,20,22-35H2,1-2H3/b8-6-,13-11-,14-12-,19-17-,21-18-. The third-order valence-corrected chi connectivity index (χ3v) is 6.83. The summed E-state index contributed by atoms with van der Waals surface area (Å²) in [5, 5.41) is 9.52. The van der Waals surface area contributed by atoms with E-state index in [4.69, 9.17) is 9.47 Å². The van der Waals surface area contributed by atoms with Gasteiger partial charge in [0.05, 0.1) is 13.2 Å². The van der Waals surface area contributed by atoms with E-state index in [0.717, 1.165) is 70.6 Å². The molecule has 0 spiro atoms. The molecule has 0 fully saturated rings. The third kappa shape index (κ3) is 32.5. The van der Waals surface area contributed by atoms with Gasteiger partial charge in [-0.1, -0.05) is 120 Å². The van der Waals surface area contributed by atoms with Crippen molar-refractivity contribution >= 4 is 5.97 Å². The molecule has 0 aliphatic rings.